The molecular weight excluding hydrogens is 509 g/mol. The van der Waals surface area contributed by atoms with Crippen molar-refractivity contribution < 1.29 is 27.1 Å². The van der Waals surface area contributed by atoms with Gasteiger partial charge in [0.25, 0.3) is 0 Å². The lowest BCUT2D eigenvalue weighted by Gasteiger charge is -2.55. The number of nitrogens with zero attached hydrogens (tertiary/aromatic N) is 1. The molecule has 9 heteroatoms. The van der Waals surface area contributed by atoms with Crippen molar-refractivity contribution in [3.63, 3.8) is 0 Å². The first-order valence-corrected chi connectivity index (χ1v) is 15.1. The first-order chi connectivity index (χ1) is 17.6. The Hall–Kier alpha value is -2.36. The predicted octanol–water partition coefficient (Wildman–Crippen LogP) is 5.34. The number of amides is 1. The van der Waals surface area contributed by atoms with Crippen LogP contribution >= 0.6 is 0 Å². The van der Waals surface area contributed by atoms with Gasteiger partial charge in [0.05, 0.1) is 20.3 Å². The molecule has 1 aliphatic rings. The van der Waals surface area contributed by atoms with Crippen molar-refractivity contribution >= 4 is 24.8 Å². The summed E-state index contributed by atoms with van der Waals surface area (Å²) in [5.74, 6) is -1.65. The second-order valence-electron chi connectivity index (χ2n) is 12.0. The van der Waals surface area contributed by atoms with Crippen LogP contribution in [0.2, 0.25) is 5.04 Å². The van der Waals surface area contributed by atoms with Gasteiger partial charge in [0, 0.05) is 26.2 Å². The molecule has 0 aliphatic carbocycles. The fraction of sp³-hybridized carbons (Fsp3) is 0.552. The number of benzene rings is 2. The van der Waals surface area contributed by atoms with Gasteiger partial charge in [0.1, 0.15) is 5.60 Å². The minimum Gasteiger partial charge on any atom is -0.558 e. The van der Waals surface area contributed by atoms with Crippen molar-refractivity contribution in [3.05, 3.63) is 60.7 Å². The number of rotatable bonds is 8. The zero-order valence-electron chi connectivity index (χ0n) is 23.3. The van der Waals surface area contributed by atoms with E-state index in [0.717, 1.165) is 0 Å². The maximum atomic E-state index is 13.8. The standard InChI is InChI=1S/C29H41F3N2O3Si/c1-27(2,3)37-26(35)33-25-21-34(20-24(25)29(30,31)32)18-13-19-36-38(28(4,5)6,22-14-9-7-10-15-22)23-16-11-8-12-17-23/h7-12,14-17,24-25H,13,18-21H2,1-6H3,(H,33,35)/q-1. The van der Waals surface area contributed by atoms with Gasteiger partial charge in [-0.1, -0.05) is 81.4 Å². The van der Waals surface area contributed by atoms with Crippen molar-refractivity contribution in [2.75, 3.05) is 26.2 Å². The molecule has 0 radical (unpaired) electrons. The Morgan fingerprint density at radius 3 is 1.89 bits per heavy atom. The molecule has 0 spiro atoms. The summed E-state index contributed by atoms with van der Waals surface area (Å²) in [5, 5.41) is 4.61. The quantitative estimate of drug-likeness (QED) is 0.356. The highest BCUT2D eigenvalue weighted by atomic mass is 28.4. The minimum absolute atomic E-state index is 0.114. The zero-order chi connectivity index (χ0) is 28.2. The van der Waals surface area contributed by atoms with Crippen molar-refractivity contribution in [1.29, 1.82) is 0 Å². The fourth-order valence-electron chi connectivity index (χ4n) is 5.28. The molecule has 1 fully saturated rings. The third kappa shape index (κ3) is 7.39. The lowest BCUT2D eigenvalue weighted by atomic mass is 10.0. The van der Waals surface area contributed by atoms with Crippen LogP contribution in [0.15, 0.2) is 60.7 Å². The van der Waals surface area contributed by atoms with Crippen LogP contribution in [0, 0.1) is 5.92 Å². The van der Waals surface area contributed by atoms with E-state index in [-0.39, 0.29) is 18.1 Å². The molecule has 1 N–H and O–H groups in total. The Morgan fingerprint density at radius 1 is 0.921 bits per heavy atom. The third-order valence-corrected chi connectivity index (χ3v) is 11.9. The number of alkyl halides is 3. The lowest BCUT2D eigenvalue weighted by molar-refractivity contribution is -0.175. The Balaban J connectivity index is 1.71. The number of hydrogen-bond acceptors (Lipinski definition) is 4. The summed E-state index contributed by atoms with van der Waals surface area (Å²) in [6.45, 7) is 12.4. The number of hydrogen-bond donors (Lipinski definition) is 1. The molecular formula is C29H41F3N2O3Si-. The predicted molar refractivity (Wildman–Crippen MR) is 147 cm³/mol. The van der Waals surface area contributed by atoms with E-state index in [1.807, 2.05) is 36.4 Å². The summed E-state index contributed by atoms with van der Waals surface area (Å²) < 4.78 is 53.4. The Morgan fingerprint density at radius 2 is 1.45 bits per heavy atom. The van der Waals surface area contributed by atoms with Gasteiger partial charge in [-0.2, -0.15) is 23.5 Å². The molecule has 2 aromatic carbocycles. The average molecular weight is 551 g/mol. The Bertz CT molecular complexity index is 998. The van der Waals surface area contributed by atoms with Crippen molar-refractivity contribution in [2.45, 2.75) is 70.8 Å². The van der Waals surface area contributed by atoms with Crippen molar-refractivity contribution in [3.8, 4) is 0 Å². The molecule has 2 unspecified atom stereocenters. The monoisotopic (exact) mass is 550 g/mol. The van der Waals surface area contributed by atoms with Crippen LogP contribution in [0.3, 0.4) is 0 Å². The fourth-order valence-corrected chi connectivity index (χ4v) is 9.89. The molecule has 38 heavy (non-hydrogen) atoms. The highest BCUT2D eigenvalue weighted by Crippen LogP contribution is 2.37. The first kappa shape index (κ1) is 30.2. The summed E-state index contributed by atoms with van der Waals surface area (Å²) in [4.78, 5) is 14.0. The van der Waals surface area contributed by atoms with Gasteiger partial charge < -0.3 is 19.4 Å². The maximum Gasteiger partial charge on any atom is 0.407 e. The molecule has 5 nitrogen and oxygen atoms in total. The number of likely N-dealkylation sites (tertiary alicyclic amines) is 1. The molecule has 2 atom stereocenters. The molecule has 1 aliphatic heterocycles. The van der Waals surface area contributed by atoms with Crippen LogP contribution in [0.4, 0.5) is 18.0 Å². The van der Waals surface area contributed by atoms with Gasteiger partial charge in [-0.3, -0.25) is 0 Å². The highest BCUT2D eigenvalue weighted by molar-refractivity contribution is 6.99. The van der Waals surface area contributed by atoms with E-state index in [0.29, 0.717) is 19.6 Å². The van der Waals surface area contributed by atoms with E-state index in [1.54, 1.807) is 25.7 Å². The van der Waals surface area contributed by atoms with E-state index in [4.69, 9.17) is 9.16 Å². The smallest absolute Gasteiger partial charge is 0.407 e. The van der Waals surface area contributed by atoms with Crippen molar-refractivity contribution in [2.24, 2.45) is 5.92 Å². The molecule has 0 saturated carbocycles. The molecule has 0 bridgehead atoms. The molecule has 211 valence electrons. The largest absolute Gasteiger partial charge is 0.558 e. The van der Waals surface area contributed by atoms with E-state index in [2.05, 4.69) is 50.4 Å². The van der Waals surface area contributed by atoms with Crippen molar-refractivity contribution in [1.82, 2.24) is 10.2 Å². The van der Waals surface area contributed by atoms with Gasteiger partial charge in [-0.25, -0.2) is 4.79 Å². The van der Waals surface area contributed by atoms with Crippen LogP contribution in [0.25, 0.3) is 0 Å². The first-order valence-electron chi connectivity index (χ1n) is 13.2. The van der Waals surface area contributed by atoms with Gasteiger partial charge in [-0.05, 0) is 27.2 Å². The van der Waals surface area contributed by atoms with Crippen LogP contribution in [0.1, 0.15) is 48.0 Å². The van der Waals surface area contributed by atoms with E-state index >= 15 is 0 Å². The molecule has 2 aromatic rings. The Kier molecular flexibility index (Phi) is 9.37. The van der Waals surface area contributed by atoms with Gasteiger partial charge >= 0.3 is 12.3 Å². The van der Waals surface area contributed by atoms with Gasteiger partial charge in [-0.15, -0.1) is 5.04 Å². The number of carbonyl (C=O) groups excluding carboxylic acids is 1. The number of alkyl carbamates (subject to hydrolysis) is 1. The second kappa shape index (κ2) is 11.8. The SMILES string of the molecule is CC(C)(C)OC(=O)NC1CN(CCCO[Si-](c2ccccc2)(c2ccccc2)C(C)(C)C)CC1C(F)(F)F. The summed E-state index contributed by atoms with van der Waals surface area (Å²) in [5.41, 5.74) is -0.783. The molecule has 0 aromatic heterocycles. The topological polar surface area (TPSA) is 50.8 Å². The lowest BCUT2D eigenvalue weighted by Crippen LogP contribution is -2.66. The van der Waals surface area contributed by atoms with Crippen LogP contribution in [0.5, 0.6) is 0 Å². The highest BCUT2D eigenvalue weighted by Gasteiger charge is 2.50. The zero-order valence-corrected chi connectivity index (χ0v) is 24.3. The maximum absolute atomic E-state index is 13.8. The molecule has 3 rings (SSSR count). The normalized spacial score (nSPS) is 19.4. The summed E-state index contributed by atoms with van der Waals surface area (Å²) in [6, 6.07) is 19.5. The molecule has 1 amide bonds. The average Bonchev–Trinajstić information content (AvgIpc) is 3.21. The number of carbonyl (C=O) groups is 1. The van der Waals surface area contributed by atoms with Crippen LogP contribution < -0.4 is 15.7 Å². The molecule has 1 heterocycles. The number of nitrogens with one attached hydrogen (secondary N) is 1. The number of halogens is 3. The third-order valence-electron chi connectivity index (χ3n) is 6.87. The molecule has 1 saturated heterocycles. The van der Waals surface area contributed by atoms with Crippen LogP contribution in [-0.4, -0.2) is 63.4 Å². The van der Waals surface area contributed by atoms with Crippen LogP contribution in [-0.2, 0) is 9.16 Å². The summed E-state index contributed by atoms with van der Waals surface area (Å²) in [7, 11) is -2.70. The van der Waals surface area contributed by atoms with Gasteiger partial charge in [0.15, 0.2) is 0 Å². The summed E-state index contributed by atoms with van der Waals surface area (Å²) in [6.07, 6.45) is -4.66. The van der Waals surface area contributed by atoms with E-state index in [9.17, 15) is 18.0 Å². The van der Waals surface area contributed by atoms with E-state index < -0.39 is 38.1 Å². The number of ether oxygens (including phenoxy) is 1. The van der Waals surface area contributed by atoms with E-state index in [1.165, 1.54) is 10.4 Å². The Labute approximate surface area is 225 Å². The minimum atomic E-state index is -4.42. The van der Waals surface area contributed by atoms with Gasteiger partial charge in [0.2, 0.25) is 0 Å². The second-order valence-corrected chi connectivity index (χ2v) is 16.3. The summed E-state index contributed by atoms with van der Waals surface area (Å²) >= 11 is 0.